The number of alkyl halides is 3. The third-order valence-corrected chi connectivity index (χ3v) is 1.78. The number of aromatic nitrogens is 1. The van der Waals surface area contributed by atoms with Crippen molar-refractivity contribution in [2.75, 3.05) is 11.9 Å². The first-order valence-corrected chi connectivity index (χ1v) is 4.38. The molecule has 1 rings (SSSR count). The van der Waals surface area contributed by atoms with E-state index in [0.717, 1.165) is 0 Å². The highest BCUT2D eigenvalue weighted by molar-refractivity contribution is 6.29. The minimum Gasteiger partial charge on any atom is -0.382 e. The molecule has 2 N–H and O–H groups in total. The first kappa shape index (κ1) is 12.1. The van der Waals surface area contributed by atoms with Crippen molar-refractivity contribution >= 4 is 17.4 Å². The molecule has 1 atom stereocenters. The molecule has 0 aliphatic rings. The monoisotopic (exact) mass is 240 g/mol. The molecule has 0 amide bonds. The van der Waals surface area contributed by atoms with E-state index in [0.29, 0.717) is 0 Å². The Hall–Kier alpha value is -1.01. The molecule has 0 saturated carbocycles. The minimum atomic E-state index is -4.63. The van der Waals surface area contributed by atoms with Gasteiger partial charge in [-0.25, -0.2) is 4.98 Å². The molecule has 0 aliphatic heterocycles. The number of anilines is 1. The molecule has 0 fully saturated rings. The van der Waals surface area contributed by atoms with Gasteiger partial charge in [0, 0.05) is 0 Å². The molecule has 1 unspecified atom stereocenters. The molecule has 0 bridgehead atoms. The molecule has 15 heavy (non-hydrogen) atoms. The van der Waals surface area contributed by atoms with Crippen LogP contribution in [0.3, 0.4) is 0 Å². The van der Waals surface area contributed by atoms with Crippen LogP contribution in [0.5, 0.6) is 0 Å². The molecule has 3 nitrogen and oxygen atoms in total. The van der Waals surface area contributed by atoms with Crippen LogP contribution in [-0.2, 0) is 0 Å². The number of rotatable bonds is 3. The maximum atomic E-state index is 11.9. The third kappa shape index (κ3) is 3.93. The number of hydrogen-bond acceptors (Lipinski definition) is 3. The van der Waals surface area contributed by atoms with E-state index in [4.69, 9.17) is 16.7 Å². The van der Waals surface area contributed by atoms with E-state index < -0.39 is 18.8 Å². The SMILES string of the molecule is OC(CNc1cccc(Cl)n1)C(F)(F)F. The number of pyridine rings is 1. The molecule has 0 aliphatic carbocycles. The molecule has 0 aromatic carbocycles. The van der Waals surface area contributed by atoms with Gasteiger partial charge in [0.2, 0.25) is 0 Å². The zero-order chi connectivity index (χ0) is 11.5. The van der Waals surface area contributed by atoms with E-state index in [1.165, 1.54) is 18.2 Å². The van der Waals surface area contributed by atoms with Gasteiger partial charge in [0.05, 0.1) is 6.54 Å². The Morgan fingerprint density at radius 1 is 1.47 bits per heavy atom. The van der Waals surface area contributed by atoms with Crippen molar-refractivity contribution in [3.8, 4) is 0 Å². The molecule has 1 aromatic heterocycles. The quantitative estimate of drug-likeness (QED) is 0.795. The van der Waals surface area contributed by atoms with Crippen molar-refractivity contribution < 1.29 is 18.3 Å². The lowest BCUT2D eigenvalue weighted by Gasteiger charge is -2.15. The molecule has 0 spiro atoms. The average Bonchev–Trinajstić information content (AvgIpc) is 2.12. The van der Waals surface area contributed by atoms with Gasteiger partial charge in [0.25, 0.3) is 0 Å². The highest BCUT2D eigenvalue weighted by atomic mass is 35.5. The first-order chi connectivity index (χ1) is 6.89. The standard InChI is InChI=1S/C8H8ClF3N2O/c9-6-2-1-3-7(14-6)13-4-5(15)8(10,11)12/h1-3,5,15H,4H2,(H,13,14). The third-order valence-electron chi connectivity index (χ3n) is 1.57. The molecule has 0 saturated heterocycles. The van der Waals surface area contributed by atoms with Crippen molar-refractivity contribution in [3.63, 3.8) is 0 Å². The molecule has 84 valence electrons. The molecular formula is C8H8ClF3N2O. The van der Waals surface area contributed by atoms with Crippen LogP contribution < -0.4 is 5.32 Å². The van der Waals surface area contributed by atoms with Gasteiger partial charge in [-0.1, -0.05) is 17.7 Å². The van der Waals surface area contributed by atoms with Crippen LogP contribution in [0.15, 0.2) is 18.2 Å². The molecule has 0 radical (unpaired) electrons. The Bertz CT molecular complexity index is 332. The van der Waals surface area contributed by atoms with Crippen LogP contribution in [0.25, 0.3) is 0 Å². The predicted molar refractivity (Wildman–Crippen MR) is 49.8 cm³/mol. The van der Waals surface area contributed by atoms with Crippen LogP contribution in [0, 0.1) is 0 Å². The van der Waals surface area contributed by atoms with Crippen LogP contribution in [0.2, 0.25) is 5.15 Å². The van der Waals surface area contributed by atoms with E-state index >= 15 is 0 Å². The summed E-state index contributed by atoms with van der Waals surface area (Å²) in [6.07, 6.45) is -7.05. The fraction of sp³-hybridized carbons (Fsp3) is 0.375. The minimum absolute atomic E-state index is 0.168. The Morgan fingerprint density at radius 3 is 2.67 bits per heavy atom. The highest BCUT2D eigenvalue weighted by Crippen LogP contribution is 2.20. The van der Waals surface area contributed by atoms with Gasteiger partial charge in [0.1, 0.15) is 11.0 Å². The second-order valence-corrected chi connectivity index (χ2v) is 3.17. The van der Waals surface area contributed by atoms with Gasteiger partial charge in [-0.2, -0.15) is 13.2 Å². The summed E-state index contributed by atoms with van der Waals surface area (Å²) in [5.74, 6) is 0.186. The summed E-state index contributed by atoms with van der Waals surface area (Å²) >= 11 is 5.51. The van der Waals surface area contributed by atoms with Gasteiger partial charge in [-0.05, 0) is 12.1 Å². The van der Waals surface area contributed by atoms with E-state index in [9.17, 15) is 13.2 Å². The second kappa shape index (κ2) is 4.67. The summed E-state index contributed by atoms with van der Waals surface area (Å²) < 4.78 is 35.7. The van der Waals surface area contributed by atoms with Gasteiger partial charge in [-0.15, -0.1) is 0 Å². The summed E-state index contributed by atoms with van der Waals surface area (Å²) in [5, 5.41) is 11.2. The summed E-state index contributed by atoms with van der Waals surface area (Å²) in [7, 11) is 0. The Balaban J connectivity index is 2.51. The highest BCUT2D eigenvalue weighted by Gasteiger charge is 2.37. The number of aliphatic hydroxyl groups excluding tert-OH is 1. The number of aliphatic hydroxyl groups is 1. The number of nitrogens with one attached hydrogen (secondary N) is 1. The van der Waals surface area contributed by atoms with Crippen LogP contribution >= 0.6 is 11.6 Å². The van der Waals surface area contributed by atoms with Crippen LogP contribution in [0.4, 0.5) is 19.0 Å². The summed E-state index contributed by atoms with van der Waals surface area (Å²) in [4.78, 5) is 3.70. The normalized spacial score (nSPS) is 13.7. The van der Waals surface area contributed by atoms with Gasteiger partial charge in [-0.3, -0.25) is 0 Å². The Kier molecular flexibility index (Phi) is 3.76. The zero-order valence-corrected chi connectivity index (χ0v) is 8.18. The van der Waals surface area contributed by atoms with Crippen molar-refractivity contribution in [1.82, 2.24) is 4.98 Å². The van der Waals surface area contributed by atoms with E-state index in [2.05, 4.69) is 10.3 Å². The largest absolute Gasteiger partial charge is 0.416 e. The summed E-state index contributed by atoms with van der Waals surface area (Å²) in [6, 6.07) is 4.49. The van der Waals surface area contributed by atoms with Gasteiger partial charge >= 0.3 is 6.18 Å². The molecular weight excluding hydrogens is 233 g/mol. The fourth-order valence-corrected chi connectivity index (χ4v) is 0.987. The van der Waals surface area contributed by atoms with Gasteiger partial charge in [0.15, 0.2) is 6.10 Å². The number of halogens is 4. The topological polar surface area (TPSA) is 45.1 Å². The first-order valence-electron chi connectivity index (χ1n) is 4.01. The van der Waals surface area contributed by atoms with Crippen molar-refractivity contribution in [1.29, 1.82) is 0 Å². The summed E-state index contributed by atoms with van der Waals surface area (Å²) in [5.41, 5.74) is 0. The van der Waals surface area contributed by atoms with E-state index in [-0.39, 0.29) is 11.0 Å². The smallest absolute Gasteiger partial charge is 0.382 e. The number of nitrogens with zero attached hydrogens (tertiary/aromatic N) is 1. The van der Waals surface area contributed by atoms with Gasteiger partial charge < -0.3 is 10.4 Å². The maximum absolute atomic E-state index is 11.9. The van der Waals surface area contributed by atoms with Crippen LogP contribution in [-0.4, -0.2) is 28.9 Å². The number of hydrogen-bond donors (Lipinski definition) is 2. The second-order valence-electron chi connectivity index (χ2n) is 2.78. The lowest BCUT2D eigenvalue weighted by atomic mass is 10.3. The summed E-state index contributed by atoms with van der Waals surface area (Å²) in [6.45, 7) is -0.656. The molecule has 1 heterocycles. The average molecular weight is 241 g/mol. The lowest BCUT2D eigenvalue weighted by Crippen LogP contribution is -2.35. The molecule has 7 heteroatoms. The molecule has 1 aromatic rings. The van der Waals surface area contributed by atoms with Crippen molar-refractivity contribution in [3.05, 3.63) is 23.4 Å². The lowest BCUT2D eigenvalue weighted by molar-refractivity contribution is -0.198. The van der Waals surface area contributed by atoms with E-state index in [1.807, 2.05) is 0 Å². The van der Waals surface area contributed by atoms with Crippen molar-refractivity contribution in [2.45, 2.75) is 12.3 Å². The Morgan fingerprint density at radius 2 is 2.13 bits per heavy atom. The van der Waals surface area contributed by atoms with Crippen molar-refractivity contribution in [2.24, 2.45) is 0 Å². The predicted octanol–water partition coefficient (Wildman–Crippen LogP) is 2.07. The fourth-order valence-electron chi connectivity index (χ4n) is 0.824. The zero-order valence-electron chi connectivity index (χ0n) is 7.42. The maximum Gasteiger partial charge on any atom is 0.416 e. The Labute approximate surface area is 88.9 Å². The van der Waals surface area contributed by atoms with Crippen LogP contribution in [0.1, 0.15) is 0 Å². The van der Waals surface area contributed by atoms with E-state index in [1.54, 1.807) is 0 Å².